The smallest absolute Gasteiger partial charge is 0.0465 e. The molecule has 0 unspecified atom stereocenters. The van der Waals surface area contributed by atoms with E-state index < -0.39 is 0 Å². The maximum Gasteiger partial charge on any atom is 0.0465 e. The highest BCUT2D eigenvalue weighted by Gasteiger charge is 2.51. The summed E-state index contributed by atoms with van der Waals surface area (Å²) in [6, 6.07) is 47.5. The second-order valence-corrected chi connectivity index (χ2v) is 17.1. The number of anilines is 3. The lowest BCUT2D eigenvalue weighted by atomic mass is 9.68. The Kier molecular flexibility index (Phi) is 6.24. The minimum Gasteiger partial charge on any atom is -0.310 e. The largest absolute Gasteiger partial charge is 0.310 e. The molecular formula is C51H45N. The third-order valence-corrected chi connectivity index (χ3v) is 12.9. The van der Waals surface area contributed by atoms with Crippen LogP contribution in [0.4, 0.5) is 17.1 Å². The Balaban J connectivity index is 1.19. The van der Waals surface area contributed by atoms with Gasteiger partial charge in [-0.3, -0.25) is 0 Å². The molecular weight excluding hydrogens is 627 g/mol. The predicted molar refractivity (Wildman–Crippen MR) is 221 cm³/mol. The molecule has 0 fully saturated rings. The maximum absolute atomic E-state index is 2.53. The van der Waals surface area contributed by atoms with Gasteiger partial charge < -0.3 is 4.90 Å². The number of aryl methyl sites for hydroxylation is 2. The molecule has 254 valence electrons. The molecule has 1 heteroatoms. The summed E-state index contributed by atoms with van der Waals surface area (Å²) in [7, 11) is 0. The lowest BCUT2D eigenvalue weighted by molar-refractivity contribution is 0.579. The van der Waals surface area contributed by atoms with E-state index in [1.807, 2.05) is 0 Å². The van der Waals surface area contributed by atoms with E-state index in [-0.39, 0.29) is 16.2 Å². The number of benzene rings is 7. The van der Waals surface area contributed by atoms with Crippen LogP contribution in [0.3, 0.4) is 0 Å². The van der Waals surface area contributed by atoms with Crippen molar-refractivity contribution in [3.8, 4) is 33.4 Å². The van der Waals surface area contributed by atoms with Crippen LogP contribution in [0.5, 0.6) is 0 Å². The zero-order valence-corrected chi connectivity index (χ0v) is 31.6. The second kappa shape index (κ2) is 10.4. The van der Waals surface area contributed by atoms with Crippen molar-refractivity contribution in [2.24, 2.45) is 0 Å². The zero-order chi connectivity index (χ0) is 35.9. The van der Waals surface area contributed by atoms with Crippen molar-refractivity contribution < 1.29 is 0 Å². The van der Waals surface area contributed by atoms with Crippen molar-refractivity contribution in [2.45, 2.75) is 71.6 Å². The van der Waals surface area contributed by atoms with Crippen molar-refractivity contribution in [3.63, 3.8) is 0 Å². The average Bonchev–Trinajstić information content (AvgIpc) is 3.62. The molecule has 0 atom stereocenters. The predicted octanol–water partition coefficient (Wildman–Crippen LogP) is 13.8. The Hall–Kier alpha value is -5.40. The molecule has 7 aromatic carbocycles. The van der Waals surface area contributed by atoms with Crippen LogP contribution in [-0.4, -0.2) is 0 Å². The second-order valence-electron chi connectivity index (χ2n) is 17.1. The van der Waals surface area contributed by atoms with E-state index in [9.17, 15) is 0 Å². The highest BCUT2D eigenvalue weighted by Crippen LogP contribution is 2.65. The summed E-state index contributed by atoms with van der Waals surface area (Å²) in [5, 5.41) is 2.70. The van der Waals surface area contributed by atoms with E-state index in [2.05, 4.69) is 188 Å². The summed E-state index contributed by atoms with van der Waals surface area (Å²) in [6.45, 7) is 19.6. The summed E-state index contributed by atoms with van der Waals surface area (Å²) in [5.41, 5.74) is 23.2. The molecule has 0 spiro atoms. The maximum atomic E-state index is 2.53. The number of nitrogens with zero attached hydrogens (tertiary/aromatic N) is 1. The van der Waals surface area contributed by atoms with E-state index in [1.54, 1.807) is 0 Å². The van der Waals surface area contributed by atoms with E-state index in [0.29, 0.717) is 0 Å². The number of hydrogen-bond acceptors (Lipinski definition) is 1. The third kappa shape index (κ3) is 3.89. The first-order chi connectivity index (χ1) is 24.9. The molecule has 0 aromatic heterocycles. The third-order valence-electron chi connectivity index (χ3n) is 12.9. The highest BCUT2D eigenvalue weighted by atomic mass is 15.1. The molecule has 0 aliphatic heterocycles. The van der Waals surface area contributed by atoms with Gasteiger partial charge in [-0.2, -0.15) is 0 Å². The fourth-order valence-electron chi connectivity index (χ4n) is 10.8. The van der Waals surface area contributed by atoms with Crippen LogP contribution in [0.2, 0.25) is 0 Å². The molecule has 52 heavy (non-hydrogen) atoms. The van der Waals surface area contributed by atoms with Gasteiger partial charge in [-0.25, -0.2) is 0 Å². The van der Waals surface area contributed by atoms with Gasteiger partial charge >= 0.3 is 0 Å². The first-order valence-electron chi connectivity index (χ1n) is 18.9. The van der Waals surface area contributed by atoms with Gasteiger partial charge in [-0.05, 0) is 139 Å². The first-order valence-corrected chi connectivity index (χ1v) is 18.9. The van der Waals surface area contributed by atoms with Gasteiger partial charge in [0.05, 0.1) is 0 Å². The lowest BCUT2D eigenvalue weighted by Gasteiger charge is -2.34. The van der Waals surface area contributed by atoms with E-state index in [1.165, 1.54) is 94.3 Å². The summed E-state index contributed by atoms with van der Waals surface area (Å²) in [6.07, 6.45) is 0. The molecule has 0 saturated heterocycles. The molecule has 10 rings (SSSR count). The van der Waals surface area contributed by atoms with Gasteiger partial charge in [0.15, 0.2) is 0 Å². The molecule has 3 aliphatic carbocycles. The molecule has 0 saturated carbocycles. The van der Waals surface area contributed by atoms with Crippen molar-refractivity contribution in [1.82, 2.24) is 0 Å². The standard InChI is InChI=1S/C51H45N/c1-30-27-39-40-28-31(2)43-38-25-23-32-17-15-16-22-36(32)44(38)50(5,6)48(43)46(40)51(7,8)45(39)47-42(30)37-26-24-35(29-41(37)49(47,3)4)52(33-18-11-9-12-19-33)34-20-13-10-14-21-34/h9-29H,1-8H3. The van der Waals surface area contributed by atoms with E-state index in [0.717, 1.165) is 11.4 Å². The van der Waals surface area contributed by atoms with Crippen LogP contribution in [0.25, 0.3) is 44.2 Å². The number of para-hydroxylation sites is 2. The fraction of sp³-hybridized carbons (Fsp3) is 0.216. The van der Waals surface area contributed by atoms with E-state index in [4.69, 9.17) is 0 Å². The Bertz CT molecular complexity index is 2610. The average molecular weight is 672 g/mol. The van der Waals surface area contributed by atoms with Crippen LogP contribution >= 0.6 is 0 Å². The van der Waals surface area contributed by atoms with Gasteiger partial charge in [0.25, 0.3) is 0 Å². The fourth-order valence-corrected chi connectivity index (χ4v) is 10.8. The molecule has 1 nitrogen and oxygen atoms in total. The quantitative estimate of drug-likeness (QED) is 0.181. The van der Waals surface area contributed by atoms with Crippen LogP contribution in [0.1, 0.15) is 86.1 Å². The zero-order valence-electron chi connectivity index (χ0n) is 31.6. The van der Waals surface area contributed by atoms with Crippen LogP contribution < -0.4 is 4.90 Å². The van der Waals surface area contributed by atoms with Crippen molar-refractivity contribution >= 4 is 27.8 Å². The van der Waals surface area contributed by atoms with Crippen molar-refractivity contribution in [1.29, 1.82) is 0 Å². The van der Waals surface area contributed by atoms with Crippen LogP contribution in [0, 0.1) is 13.8 Å². The molecule has 0 bridgehead atoms. The Morgan fingerprint density at radius 1 is 0.385 bits per heavy atom. The highest BCUT2D eigenvalue weighted by molar-refractivity contribution is 6.02. The topological polar surface area (TPSA) is 3.24 Å². The Morgan fingerprint density at radius 3 is 1.50 bits per heavy atom. The Labute approximate surface area is 308 Å². The SMILES string of the molecule is Cc1cc2c(c3c1-c1ccc(N(c4ccccc4)c4ccccc4)cc1C3(C)C)C(C)(C)c1c-2cc(C)c2c1C(C)(C)c1c-2ccc2ccccc12. The van der Waals surface area contributed by atoms with E-state index >= 15 is 0 Å². The normalized spacial score (nSPS) is 16.2. The molecule has 3 aliphatic rings. The minimum atomic E-state index is -0.192. The molecule has 0 amide bonds. The number of hydrogen-bond donors (Lipinski definition) is 0. The monoisotopic (exact) mass is 671 g/mol. The summed E-state index contributed by atoms with van der Waals surface area (Å²) >= 11 is 0. The summed E-state index contributed by atoms with van der Waals surface area (Å²) in [4.78, 5) is 2.39. The number of fused-ring (bicyclic) bond motifs is 13. The molecule has 0 radical (unpaired) electrons. The Morgan fingerprint density at radius 2 is 0.885 bits per heavy atom. The van der Waals surface area contributed by atoms with Gasteiger partial charge in [0.1, 0.15) is 0 Å². The molecule has 0 heterocycles. The van der Waals surface area contributed by atoms with Crippen molar-refractivity contribution in [3.05, 3.63) is 172 Å². The summed E-state index contributed by atoms with van der Waals surface area (Å²) in [5.74, 6) is 0. The van der Waals surface area contributed by atoms with Crippen molar-refractivity contribution in [2.75, 3.05) is 4.90 Å². The number of rotatable bonds is 3. The molecule has 7 aromatic rings. The van der Waals surface area contributed by atoms with Crippen LogP contribution in [0.15, 0.2) is 127 Å². The van der Waals surface area contributed by atoms with Gasteiger partial charge in [-0.1, -0.05) is 133 Å². The molecule has 0 N–H and O–H groups in total. The first kappa shape index (κ1) is 31.3. The van der Waals surface area contributed by atoms with Crippen LogP contribution in [-0.2, 0) is 16.2 Å². The lowest BCUT2D eigenvalue weighted by Crippen LogP contribution is -2.27. The van der Waals surface area contributed by atoms with Gasteiger partial charge in [-0.15, -0.1) is 0 Å². The van der Waals surface area contributed by atoms with Gasteiger partial charge in [0.2, 0.25) is 0 Å². The summed E-state index contributed by atoms with van der Waals surface area (Å²) < 4.78 is 0. The van der Waals surface area contributed by atoms with Gasteiger partial charge in [0, 0.05) is 33.3 Å². The minimum absolute atomic E-state index is 0.134.